The summed E-state index contributed by atoms with van der Waals surface area (Å²) in [7, 11) is 0. The molecule has 1 aliphatic carbocycles. The van der Waals surface area contributed by atoms with E-state index in [1.807, 2.05) is 6.07 Å². The zero-order valence-electron chi connectivity index (χ0n) is 21.5. The first kappa shape index (κ1) is 25.2. The molecule has 1 spiro atoms. The van der Waals surface area contributed by atoms with Gasteiger partial charge in [0.2, 0.25) is 0 Å². The number of rotatable bonds is 6. The van der Waals surface area contributed by atoms with Crippen LogP contribution in [0.25, 0.3) is 0 Å². The van der Waals surface area contributed by atoms with Crippen LogP contribution in [-0.2, 0) is 36.2 Å². The van der Waals surface area contributed by atoms with Gasteiger partial charge in [-0.2, -0.15) is 15.2 Å². The Labute approximate surface area is 221 Å². The molecule has 2 saturated heterocycles. The summed E-state index contributed by atoms with van der Waals surface area (Å²) in [6, 6.07) is 6.28. The van der Waals surface area contributed by atoms with Crippen molar-refractivity contribution in [2.45, 2.75) is 81.8 Å². The Morgan fingerprint density at radius 3 is 3.08 bits per heavy atom. The topological polar surface area (TPSA) is 130 Å². The first-order chi connectivity index (χ1) is 18.5. The van der Waals surface area contributed by atoms with Crippen LogP contribution < -0.4 is 10.5 Å². The minimum Gasteiger partial charge on any atom is -0.413 e. The number of aliphatic hydroxyl groups excluding tert-OH is 1. The van der Waals surface area contributed by atoms with Gasteiger partial charge in [0, 0.05) is 49.4 Å². The van der Waals surface area contributed by atoms with Crippen molar-refractivity contribution in [1.29, 1.82) is 5.26 Å². The molecule has 9 nitrogen and oxygen atoms in total. The number of hydrogen-bond donors (Lipinski definition) is 2. The highest BCUT2D eigenvalue weighted by Gasteiger charge is 2.49. The van der Waals surface area contributed by atoms with Crippen LogP contribution in [-0.4, -0.2) is 57.9 Å². The third-order valence-electron chi connectivity index (χ3n) is 8.61. The predicted molar refractivity (Wildman–Crippen MR) is 138 cm³/mol. The van der Waals surface area contributed by atoms with Crippen LogP contribution in [0.5, 0.6) is 6.01 Å². The van der Waals surface area contributed by atoms with Crippen molar-refractivity contribution in [3.63, 3.8) is 0 Å². The third-order valence-corrected chi connectivity index (χ3v) is 8.61. The zero-order chi connectivity index (χ0) is 26.3. The average Bonchev–Trinajstić information content (AvgIpc) is 3.43. The number of nitrogens with zero attached hydrogens (tertiary/aromatic N) is 5. The summed E-state index contributed by atoms with van der Waals surface area (Å²) < 4.78 is 26.5. The fraction of sp³-hybridized carbons (Fsp3) is 0.571. The highest BCUT2D eigenvalue weighted by atomic mass is 19.1. The summed E-state index contributed by atoms with van der Waals surface area (Å²) in [5.41, 5.74) is 10.4. The third kappa shape index (κ3) is 4.23. The number of halogens is 1. The maximum Gasteiger partial charge on any atom is 0.323 e. The lowest BCUT2D eigenvalue weighted by molar-refractivity contribution is -0.0861. The molecule has 0 saturated carbocycles. The molecule has 0 bridgehead atoms. The van der Waals surface area contributed by atoms with Crippen LogP contribution in [0.1, 0.15) is 72.2 Å². The fourth-order valence-electron chi connectivity index (χ4n) is 6.87. The second-order valence-corrected chi connectivity index (χ2v) is 10.9. The van der Waals surface area contributed by atoms with Gasteiger partial charge in [-0.1, -0.05) is 6.07 Å². The predicted octanol–water partition coefficient (Wildman–Crippen LogP) is 3.10. The van der Waals surface area contributed by atoms with Gasteiger partial charge in [0.05, 0.1) is 23.6 Å². The van der Waals surface area contributed by atoms with E-state index in [1.165, 1.54) is 6.40 Å². The molecule has 2 fully saturated rings. The van der Waals surface area contributed by atoms with E-state index in [1.54, 1.807) is 6.07 Å². The standard InChI is InChI=1S/C28H33FN6O3/c29-19-12-28(9-3-10-35(28)15-19)32-17-37-26-33-23(5-2-11-36)21-16-38-27(13-24(21)34-26)8-1-4-18-6-7-22(31)20(14-30)25(18)27/h6-7,17,19,36H,1-5,8-13,15-16,31H2/t19-,27+,28?/m1/s1. The van der Waals surface area contributed by atoms with E-state index in [0.717, 1.165) is 66.7 Å². The molecule has 4 heterocycles. The van der Waals surface area contributed by atoms with Crippen molar-refractivity contribution in [1.82, 2.24) is 14.9 Å². The Hall–Kier alpha value is -3.13. The molecule has 3 N–H and O–H groups in total. The number of aryl methyl sites for hydroxylation is 2. The van der Waals surface area contributed by atoms with E-state index in [4.69, 9.17) is 20.2 Å². The van der Waals surface area contributed by atoms with Crippen molar-refractivity contribution < 1.29 is 19.0 Å². The van der Waals surface area contributed by atoms with Crippen molar-refractivity contribution in [2.75, 3.05) is 25.4 Å². The molecule has 200 valence electrons. The number of aliphatic imine (C=N–C) groups is 1. The van der Waals surface area contributed by atoms with Crippen LogP contribution in [0.15, 0.2) is 17.1 Å². The van der Waals surface area contributed by atoms with E-state index >= 15 is 0 Å². The summed E-state index contributed by atoms with van der Waals surface area (Å²) in [5, 5.41) is 19.4. The molecule has 1 aromatic carbocycles. The number of nitrogens with two attached hydrogens (primary N) is 1. The van der Waals surface area contributed by atoms with Gasteiger partial charge in [-0.15, -0.1) is 0 Å². The number of hydrogen-bond acceptors (Lipinski definition) is 9. The van der Waals surface area contributed by atoms with E-state index in [0.29, 0.717) is 50.1 Å². The lowest BCUT2D eigenvalue weighted by Gasteiger charge is -2.43. The smallest absolute Gasteiger partial charge is 0.323 e. The van der Waals surface area contributed by atoms with Gasteiger partial charge in [0.1, 0.15) is 23.5 Å². The number of nitriles is 1. The molecule has 3 aliphatic heterocycles. The quantitative estimate of drug-likeness (QED) is 0.338. The maximum atomic E-state index is 14.1. The van der Waals surface area contributed by atoms with Crippen LogP contribution in [0, 0.1) is 11.3 Å². The maximum absolute atomic E-state index is 14.1. The second kappa shape index (κ2) is 9.88. The zero-order valence-corrected chi connectivity index (χ0v) is 21.5. The number of nitrogen functional groups attached to an aromatic ring is 1. The van der Waals surface area contributed by atoms with E-state index in [-0.39, 0.29) is 12.6 Å². The molecule has 38 heavy (non-hydrogen) atoms. The van der Waals surface area contributed by atoms with Crippen molar-refractivity contribution in [3.05, 3.63) is 45.8 Å². The summed E-state index contributed by atoms with van der Waals surface area (Å²) in [4.78, 5) is 16.2. The van der Waals surface area contributed by atoms with E-state index in [9.17, 15) is 14.8 Å². The summed E-state index contributed by atoms with van der Waals surface area (Å²) in [6.45, 7) is 1.61. The van der Waals surface area contributed by atoms with Gasteiger partial charge in [0.25, 0.3) is 0 Å². The van der Waals surface area contributed by atoms with Gasteiger partial charge < -0.3 is 20.3 Å². The SMILES string of the molecule is N#Cc1c(N)ccc2c1[C@]1(CCC2)Cc2nc(OC=NC34CCCN3C[C@H](F)C4)nc(CCCO)c2CO1. The molecule has 4 aliphatic rings. The number of anilines is 1. The Kier molecular flexibility index (Phi) is 6.54. The normalized spacial score (nSPS) is 28.3. The van der Waals surface area contributed by atoms with Crippen molar-refractivity contribution in [2.24, 2.45) is 4.99 Å². The first-order valence-electron chi connectivity index (χ1n) is 13.5. The van der Waals surface area contributed by atoms with Gasteiger partial charge in [-0.25, -0.2) is 9.38 Å². The van der Waals surface area contributed by atoms with Gasteiger partial charge in [-0.05, 0) is 56.6 Å². The second-order valence-electron chi connectivity index (χ2n) is 10.9. The number of benzene rings is 1. The molecule has 6 rings (SSSR count). The number of fused-ring (bicyclic) bond motifs is 4. The van der Waals surface area contributed by atoms with Crippen LogP contribution in [0.3, 0.4) is 0 Å². The fourth-order valence-corrected chi connectivity index (χ4v) is 6.87. The monoisotopic (exact) mass is 520 g/mol. The molecule has 10 heteroatoms. The molecule has 1 unspecified atom stereocenters. The minimum absolute atomic E-state index is 0.0438. The summed E-state index contributed by atoms with van der Waals surface area (Å²) >= 11 is 0. The summed E-state index contributed by atoms with van der Waals surface area (Å²) in [5.74, 6) is 0. The van der Waals surface area contributed by atoms with Crippen LogP contribution >= 0.6 is 0 Å². The Bertz CT molecular complexity index is 1310. The highest BCUT2D eigenvalue weighted by molar-refractivity contribution is 5.63. The molecule has 1 aromatic heterocycles. The minimum atomic E-state index is -0.876. The largest absolute Gasteiger partial charge is 0.413 e. The Morgan fingerprint density at radius 2 is 2.24 bits per heavy atom. The number of alkyl halides is 1. The number of aliphatic hydroxyl groups is 1. The van der Waals surface area contributed by atoms with Crippen molar-refractivity contribution >= 4 is 12.1 Å². The van der Waals surface area contributed by atoms with Gasteiger partial charge in [-0.3, -0.25) is 4.90 Å². The average molecular weight is 521 g/mol. The molecular weight excluding hydrogens is 487 g/mol. The van der Waals surface area contributed by atoms with Crippen LogP contribution in [0.4, 0.5) is 10.1 Å². The van der Waals surface area contributed by atoms with E-state index < -0.39 is 17.4 Å². The number of aromatic nitrogens is 2. The molecule has 2 aromatic rings. The van der Waals surface area contributed by atoms with Gasteiger partial charge >= 0.3 is 6.01 Å². The Balaban J connectivity index is 1.33. The molecule has 0 radical (unpaired) electrons. The highest BCUT2D eigenvalue weighted by Crippen LogP contribution is 2.47. The molecule has 0 amide bonds. The number of ether oxygens (including phenoxy) is 2. The van der Waals surface area contributed by atoms with E-state index in [2.05, 4.69) is 20.9 Å². The molecular formula is C28H33FN6O3. The van der Waals surface area contributed by atoms with Gasteiger partial charge in [0.15, 0.2) is 6.40 Å². The molecule has 3 atom stereocenters. The van der Waals surface area contributed by atoms with Crippen LogP contribution in [0.2, 0.25) is 0 Å². The first-order valence-corrected chi connectivity index (χ1v) is 13.5. The Morgan fingerprint density at radius 1 is 1.34 bits per heavy atom. The lowest BCUT2D eigenvalue weighted by Crippen LogP contribution is -2.41. The summed E-state index contributed by atoms with van der Waals surface area (Å²) in [6.07, 6.45) is 6.81. The lowest BCUT2D eigenvalue weighted by atomic mass is 9.72. The van der Waals surface area contributed by atoms with Crippen molar-refractivity contribution in [3.8, 4) is 12.1 Å².